The van der Waals surface area contributed by atoms with E-state index in [2.05, 4.69) is 39.7 Å². The number of carbonyl (C=O) groups is 1. The summed E-state index contributed by atoms with van der Waals surface area (Å²) >= 11 is 4.94. The first-order valence-electron chi connectivity index (χ1n) is 13.3. The van der Waals surface area contributed by atoms with E-state index in [1.54, 1.807) is 59.5 Å². The number of fused-ring (bicyclic) bond motifs is 1. The smallest absolute Gasteiger partial charge is 0.338 e. The van der Waals surface area contributed by atoms with Gasteiger partial charge in [-0.1, -0.05) is 11.3 Å². The van der Waals surface area contributed by atoms with Gasteiger partial charge in [0.15, 0.2) is 4.80 Å². The second-order valence-corrected chi connectivity index (χ2v) is 11.0. The molecule has 0 bridgehead atoms. The first-order valence-corrected chi connectivity index (χ1v) is 14.9. The number of halogens is 1. The van der Waals surface area contributed by atoms with Gasteiger partial charge < -0.3 is 23.8 Å². The molecule has 1 aliphatic heterocycles. The van der Waals surface area contributed by atoms with Crippen molar-refractivity contribution >= 4 is 45.0 Å². The van der Waals surface area contributed by atoms with E-state index >= 15 is 0 Å². The minimum Gasteiger partial charge on any atom is -0.497 e. The molecule has 2 heterocycles. The normalized spacial score (nSPS) is 14.8. The zero-order valence-corrected chi connectivity index (χ0v) is 26.6. The number of allylic oxidation sites excluding steroid dienone is 1. The summed E-state index contributed by atoms with van der Waals surface area (Å²) in [5, 5.41) is 0. The predicted octanol–water partition coefficient (Wildman–Crippen LogP) is 4.43. The SMILES string of the molecule is CCOC(=O)C1=C(C)N=c2s/c(=C\c3cc(Br)c(N(CC)CC)cc3OC)c(=O)n2[C@H]1c1cc(OC)ccc1OC. The van der Waals surface area contributed by atoms with Gasteiger partial charge in [0.2, 0.25) is 0 Å². The summed E-state index contributed by atoms with van der Waals surface area (Å²) < 4.78 is 25.1. The van der Waals surface area contributed by atoms with Crippen molar-refractivity contribution in [3.05, 3.63) is 76.9 Å². The predicted molar refractivity (Wildman–Crippen MR) is 164 cm³/mol. The molecule has 0 spiro atoms. The number of ether oxygens (including phenoxy) is 4. The highest BCUT2D eigenvalue weighted by atomic mass is 79.9. The topological polar surface area (TPSA) is 91.6 Å². The van der Waals surface area contributed by atoms with Gasteiger partial charge >= 0.3 is 5.97 Å². The van der Waals surface area contributed by atoms with Crippen molar-refractivity contribution in [1.82, 2.24) is 4.57 Å². The van der Waals surface area contributed by atoms with Crippen molar-refractivity contribution in [2.75, 3.05) is 45.9 Å². The maximum Gasteiger partial charge on any atom is 0.338 e. The molecule has 0 amide bonds. The van der Waals surface area contributed by atoms with Gasteiger partial charge in [0.1, 0.15) is 23.3 Å². The second kappa shape index (κ2) is 12.9. The van der Waals surface area contributed by atoms with Crippen LogP contribution in [0.15, 0.2) is 55.9 Å². The minimum absolute atomic E-state index is 0.181. The highest BCUT2D eigenvalue weighted by molar-refractivity contribution is 9.10. The lowest BCUT2D eigenvalue weighted by atomic mass is 9.94. The lowest BCUT2D eigenvalue weighted by molar-refractivity contribution is -0.139. The number of anilines is 1. The quantitative estimate of drug-likeness (QED) is 0.302. The molecular formula is C30H34BrN3O6S. The van der Waals surface area contributed by atoms with E-state index in [9.17, 15) is 9.59 Å². The molecule has 9 nitrogen and oxygen atoms in total. The van der Waals surface area contributed by atoms with Gasteiger partial charge in [-0.2, -0.15) is 0 Å². The fourth-order valence-electron chi connectivity index (χ4n) is 4.93. The molecule has 218 valence electrons. The van der Waals surface area contributed by atoms with Crippen molar-refractivity contribution < 1.29 is 23.7 Å². The molecule has 0 saturated heterocycles. The van der Waals surface area contributed by atoms with E-state index in [0.717, 1.165) is 28.8 Å². The van der Waals surface area contributed by atoms with Crippen LogP contribution in [0.25, 0.3) is 6.08 Å². The summed E-state index contributed by atoms with van der Waals surface area (Å²) in [5.41, 5.74) is 2.75. The number of carbonyl (C=O) groups excluding carboxylic acids is 1. The monoisotopic (exact) mass is 643 g/mol. The van der Waals surface area contributed by atoms with Crippen LogP contribution < -0.4 is 34.0 Å². The lowest BCUT2D eigenvalue weighted by Crippen LogP contribution is -2.40. The molecule has 1 aromatic heterocycles. The molecule has 1 aliphatic rings. The molecule has 1 atom stereocenters. The first kappa shape index (κ1) is 30.4. The third kappa shape index (κ3) is 5.78. The third-order valence-electron chi connectivity index (χ3n) is 6.94. The van der Waals surface area contributed by atoms with Crippen LogP contribution in [-0.2, 0) is 9.53 Å². The number of benzene rings is 2. The van der Waals surface area contributed by atoms with E-state index in [1.807, 2.05) is 12.1 Å². The van der Waals surface area contributed by atoms with Crippen molar-refractivity contribution in [1.29, 1.82) is 0 Å². The molecule has 41 heavy (non-hydrogen) atoms. The van der Waals surface area contributed by atoms with Crippen LogP contribution in [0.1, 0.15) is 44.9 Å². The van der Waals surface area contributed by atoms with Crippen molar-refractivity contribution in [2.24, 2.45) is 4.99 Å². The van der Waals surface area contributed by atoms with Crippen LogP contribution in [-0.4, -0.2) is 51.6 Å². The number of nitrogens with zero attached hydrogens (tertiary/aromatic N) is 3. The number of thiazole rings is 1. The standard InChI is InChI=1S/C30H34BrN3O6S/c1-8-33(9-2)22-16-24(39-7)18(13-21(22)31)14-25-28(35)34-27(20-15-19(37-5)11-12-23(20)38-6)26(29(36)40-10-3)17(4)32-30(34)41-25/h11-16,27H,8-10H2,1-7H3/b25-14-/t27-/m0/s1. The summed E-state index contributed by atoms with van der Waals surface area (Å²) in [4.78, 5) is 34.7. The largest absolute Gasteiger partial charge is 0.497 e. The Morgan fingerprint density at radius 3 is 2.39 bits per heavy atom. The number of esters is 1. The van der Waals surface area contributed by atoms with Gasteiger partial charge in [-0.15, -0.1) is 0 Å². The van der Waals surface area contributed by atoms with Gasteiger partial charge in [0.05, 0.1) is 49.4 Å². The highest BCUT2D eigenvalue weighted by Crippen LogP contribution is 2.38. The number of hydrogen-bond donors (Lipinski definition) is 0. The first-order chi connectivity index (χ1) is 19.7. The number of hydrogen-bond acceptors (Lipinski definition) is 9. The van der Waals surface area contributed by atoms with Gasteiger partial charge in [0, 0.05) is 34.8 Å². The molecule has 11 heteroatoms. The maximum absolute atomic E-state index is 14.1. The minimum atomic E-state index is -0.837. The molecular weight excluding hydrogens is 610 g/mol. The third-order valence-corrected chi connectivity index (χ3v) is 8.56. The molecule has 0 N–H and O–H groups in total. The Morgan fingerprint density at radius 1 is 1.07 bits per heavy atom. The van der Waals surface area contributed by atoms with E-state index < -0.39 is 12.0 Å². The molecule has 0 radical (unpaired) electrons. The molecule has 0 fully saturated rings. The zero-order chi connectivity index (χ0) is 29.8. The second-order valence-electron chi connectivity index (χ2n) is 9.13. The Labute approximate surface area is 251 Å². The zero-order valence-electron chi connectivity index (χ0n) is 24.2. The Hall–Kier alpha value is -3.57. The molecule has 2 aromatic carbocycles. The Bertz CT molecular complexity index is 1670. The van der Waals surface area contributed by atoms with Crippen molar-refractivity contribution in [2.45, 2.75) is 33.7 Å². The summed E-state index contributed by atoms with van der Waals surface area (Å²) in [5.74, 6) is 1.15. The Morgan fingerprint density at radius 2 is 1.78 bits per heavy atom. The van der Waals surface area contributed by atoms with Gasteiger partial charge in [-0.3, -0.25) is 9.36 Å². The van der Waals surface area contributed by atoms with E-state index in [1.165, 1.54) is 15.9 Å². The van der Waals surface area contributed by atoms with Crippen LogP contribution in [0.5, 0.6) is 17.2 Å². The Kier molecular flexibility index (Phi) is 9.60. The van der Waals surface area contributed by atoms with Crippen LogP contribution in [0, 0.1) is 0 Å². The number of aromatic nitrogens is 1. The average molecular weight is 645 g/mol. The number of rotatable bonds is 10. The van der Waals surface area contributed by atoms with Crippen LogP contribution in [0.4, 0.5) is 5.69 Å². The van der Waals surface area contributed by atoms with Crippen LogP contribution >= 0.6 is 27.3 Å². The van der Waals surface area contributed by atoms with Gasteiger partial charge in [-0.05, 0) is 74.0 Å². The summed E-state index contributed by atoms with van der Waals surface area (Å²) in [6, 6.07) is 8.36. The van der Waals surface area contributed by atoms with Crippen molar-refractivity contribution in [3.8, 4) is 17.2 Å². The summed E-state index contributed by atoms with van der Waals surface area (Å²) in [6.45, 7) is 9.53. The molecule has 4 rings (SSSR count). The van der Waals surface area contributed by atoms with Crippen LogP contribution in [0.2, 0.25) is 0 Å². The average Bonchev–Trinajstić information content (AvgIpc) is 3.27. The fourth-order valence-corrected chi connectivity index (χ4v) is 6.58. The van der Waals surface area contributed by atoms with Crippen LogP contribution in [0.3, 0.4) is 0 Å². The van der Waals surface area contributed by atoms with E-state index in [0.29, 0.717) is 37.8 Å². The van der Waals surface area contributed by atoms with Crippen molar-refractivity contribution in [3.63, 3.8) is 0 Å². The summed E-state index contributed by atoms with van der Waals surface area (Å²) in [7, 11) is 4.71. The fraction of sp³-hybridized carbons (Fsp3) is 0.367. The molecule has 0 unspecified atom stereocenters. The van der Waals surface area contributed by atoms with E-state index in [-0.39, 0.29) is 17.7 Å². The number of methoxy groups -OCH3 is 3. The lowest BCUT2D eigenvalue weighted by Gasteiger charge is -2.26. The molecule has 0 saturated carbocycles. The molecule has 0 aliphatic carbocycles. The van der Waals surface area contributed by atoms with Gasteiger partial charge in [0.25, 0.3) is 5.56 Å². The van der Waals surface area contributed by atoms with Gasteiger partial charge in [-0.25, -0.2) is 9.79 Å². The van der Waals surface area contributed by atoms with E-state index in [4.69, 9.17) is 18.9 Å². The highest BCUT2D eigenvalue weighted by Gasteiger charge is 2.35. The summed E-state index contributed by atoms with van der Waals surface area (Å²) in [6.07, 6.45) is 1.79. The maximum atomic E-state index is 14.1. The Balaban J connectivity index is 1.99. The molecule has 3 aromatic rings.